The van der Waals surface area contributed by atoms with Crippen LogP contribution >= 0.6 is 0 Å². The molecule has 144 valence electrons. The number of hydrogen-bond acceptors (Lipinski definition) is 3. The summed E-state index contributed by atoms with van der Waals surface area (Å²) in [5.41, 5.74) is 5.17. The average molecular weight is 367 g/mol. The zero-order valence-electron chi connectivity index (χ0n) is 16.6. The van der Waals surface area contributed by atoms with Crippen molar-refractivity contribution in [3.8, 4) is 5.75 Å². The second-order valence-electron chi connectivity index (χ2n) is 7.37. The summed E-state index contributed by atoms with van der Waals surface area (Å²) in [6.07, 6.45) is 2.79. The fourth-order valence-electron chi connectivity index (χ4n) is 3.51. The van der Waals surface area contributed by atoms with Crippen molar-refractivity contribution in [2.45, 2.75) is 46.1 Å². The Morgan fingerprint density at radius 3 is 2.81 bits per heavy atom. The second kappa shape index (κ2) is 8.94. The van der Waals surface area contributed by atoms with Gasteiger partial charge in [-0.3, -0.25) is 4.79 Å². The van der Waals surface area contributed by atoms with E-state index in [1.807, 2.05) is 25.1 Å². The molecule has 2 aromatic carbocycles. The highest BCUT2D eigenvalue weighted by Gasteiger charge is 2.17. The maximum atomic E-state index is 12.3. The van der Waals surface area contributed by atoms with Gasteiger partial charge in [0.15, 0.2) is 6.10 Å². The molecule has 2 aromatic rings. The van der Waals surface area contributed by atoms with Crippen LogP contribution in [0.2, 0.25) is 0 Å². The summed E-state index contributed by atoms with van der Waals surface area (Å²) < 4.78 is 5.78. The highest BCUT2D eigenvalue weighted by atomic mass is 16.5. The second-order valence-corrected chi connectivity index (χ2v) is 7.37. The third-order valence-corrected chi connectivity index (χ3v) is 5.27. The van der Waals surface area contributed by atoms with Crippen LogP contribution in [0.4, 0.5) is 5.69 Å². The molecule has 1 amide bonds. The van der Waals surface area contributed by atoms with Crippen molar-refractivity contribution in [1.29, 1.82) is 0 Å². The van der Waals surface area contributed by atoms with E-state index in [1.165, 1.54) is 28.8 Å². The summed E-state index contributed by atoms with van der Waals surface area (Å²) >= 11 is 0. The smallest absolute Gasteiger partial charge is 0.260 e. The van der Waals surface area contributed by atoms with Crippen LogP contribution < -0.4 is 15.0 Å². The fourth-order valence-corrected chi connectivity index (χ4v) is 3.51. The van der Waals surface area contributed by atoms with Crippen LogP contribution in [0.5, 0.6) is 5.75 Å². The lowest BCUT2D eigenvalue weighted by atomic mass is 10.0. The van der Waals surface area contributed by atoms with Crippen molar-refractivity contribution in [3.05, 3.63) is 59.2 Å². The van der Waals surface area contributed by atoms with Crippen molar-refractivity contribution < 1.29 is 9.53 Å². The predicted molar refractivity (Wildman–Crippen MR) is 111 cm³/mol. The minimum absolute atomic E-state index is 0.0627. The summed E-state index contributed by atoms with van der Waals surface area (Å²) in [6, 6.07) is 14.5. The molecule has 1 atom stereocenters. The van der Waals surface area contributed by atoms with E-state index in [1.54, 1.807) is 6.92 Å². The van der Waals surface area contributed by atoms with E-state index in [4.69, 9.17) is 4.74 Å². The normalized spacial score (nSPS) is 14.4. The van der Waals surface area contributed by atoms with E-state index in [0.29, 0.717) is 6.54 Å². The number of para-hydroxylation sites is 1. The monoisotopic (exact) mass is 366 g/mol. The number of fused-ring (bicyclic) bond motifs is 1. The fraction of sp³-hybridized carbons (Fsp3) is 0.435. The number of hydrogen-bond donors (Lipinski definition) is 1. The molecule has 0 saturated heterocycles. The highest BCUT2D eigenvalue weighted by Crippen LogP contribution is 2.26. The number of anilines is 1. The van der Waals surface area contributed by atoms with Crippen LogP contribution in [0, 0.1) is 13.8 Å². The minimum atomic E-state index is -0.497. The molecule has 4 heteroatoms. The number of carbonyl (C=O) groups excluding carboxylic acids is 1. The third-order valence-electron chi connectivity index (χ3n) is 5.27. The average Bonchev–Trinajstić information content (AvgIpc) is 2.68. The van der Waals surface area contributed by atoms with Gasteiger partial charge >= 0.3 is 0 Å². The number of amides is 1. The molecule has 1 aliphatic heterocycles. The Morgan fingerprint density at radius 2 is 2.00 bits per heavy atom. The molecule has 1 N–H and O–H groups in total. The summed E-state index contributed by atoms with van der Waals surface area (Å²) in [6.45, 7) is 8.63. The molecule has 0 spiro atoms. The van der Waals surface area contributed by atoms with Gasteiger partial charge < -0.3 is 15.0 Å². The van der Waals surface area contributed by atoms with Crippen molar-refractivity contribution in [1.82, 2.24) is 5.32 Å². The van der Waals surface area contributed by atoms with Gasteiger partial charge in [0, 0.05) is 25.3 Å². The first-order chi connectivity index (χ1) is 13.0. The molecule has 0 aliphatic carbocycles. The van der Waals surface area contributed by atoms with Gasteiger partial charge in [-0.15, -0.1) is 0 Å². The maximum Gasteiger partial charge on any atom is 0.260 e. The quantitative estimate of drug-likeness (QED) is 0.752. The molecule has 0 saturated carbocycles. The molecular formula is C23H30N2O2. The zero-order valence-corrected chi connectivity index (χ0v) is 16.6. The van der Waals surface area contributed by atoms with Gasteiger partial charge in [0.1, 0.15) is 5.75 Å². The van der Waals surface area contributed by atoms with Crippen LogP contribution in [0.3, 0.4) is 0 Å². The molecular weight excluding hydrogens is 336 g/mol. The number of ether oxygens (including phenoxy) is 1. The molecule has 1 heterocycles. The van der Waals surface area contributed by atoms with Crippen LogP contribution in [0.1, 0.15) is 36.5 Å². The Kier molecular flexibility index (Phi) is 6.38. The maximum absolute atomic E-state index is 12.3. The number of aryl methyl sites for hydroxylation is 3. The van der Waals surface area contributed by atoms with Gasteiger partial charge in [0.2, 0.25) is 0 Å². The first-order valence-electron chi connectivity index (χ1n) is 9.89. The van der Waals surface area contributed by atoms with Crippen molar-refractivity contribution >= 4 is 11.6 Å². The molecule has 4 nitrogen and oxygen atoms in total. The number of benzene rings is 2. The minimum Gasteiger partial charge on any atom is -0.481 e. The van der Waals surface area contributed by atoms with E-state index in [2.05, 4.69) is 41.4 Å². The largest absolute Gasteiger partial charge is 0.481 e. The Labute approximate surface area is 162 Å². The summed E-state index contributed by atoms with van der Waals surface area (Å²) in [5, 5.41) is 3.00. The summed E-state index contributed by atoms with van der Waals surface area (Å²) in [4.78, 5) is 14.7. The topological polar surface area (TPSA) is 41.6 Å². The number of nitrogens with one attached hydrogen (secondary N) is 1. The van der Waals surface area contributed by atoms with Crippen LogP contribution in [0.15, 0.2) is 42.5 Å². The van der Waals surface area contributed by atoms with E-state index < -0.39 is 6.10 Å². The third kappa shape index (κ3) is 5.03. The first-order valence-corrected chi connectivity index (χ1v) is 9.89. The van der Waals surface area contributed by atoms with Gasteiger partial charge in [-0.25, -0.2) is 0 Å². The van der Waals surface area contributed by atoms with Gasteiger partial charge in [-0.1, -0.05) is 24.3 Å². The van der Waals surface area contributed by atoms with Gasteiger partial charge in [-0.2, -0.15) is 0 Å². The van der Waals surface area contributed by atoms with Crippen LogP contribution in [-0.2, 0) is 11.2 Å². The van der Waals surface area contributed by atoms with E-state index >= 15 is 0 Å². The molecule has 1 aliphatic rings. The molecule has 0 radical (unpaired) electrons. The summed E-state index contributed by atoms with van der Waals surface area (Å²) in [7, 11) is 0. The molecule has 0 unspecified atom stereocenters. The van der Waals surface area contributed by atoms with Crippen molar-refractivity contribution in [3.63, 3.8) is 0 Å². The van der Waals surface area contributed by atoms with Crippen molar-refractivity contribution in [2.75, 3.05) is 24.5 Å². The number of carbonyl (C=O) groups is 1. The Hall–Kier alpha value is -2.49. The number of rotatable bonds is 7. The standard InChI is InChI=1S/C23H30N2O2/c1-17-11-12-21(16-18(17)2)27-19(3)23(26)24-13-7-15-25-14-6-9-20-8-4-5-10-22(20)25/h4-5,8,10-12,16,19H,6-7,9,13-15H2,1-3H3,(H,24,26)/t19-/m0/s1. The Balaban J connectivity index is 1.42. The van der Waals surface area contributed by atoms with E-state index in [-0.39, 0.29) is 5.91 Å². The molecule has 3 rings (SSSR count). The summed E-state index contributed by atoms with van der Waals surface area (Å²) in [5.74, 6) is 0.679. The lowest BCUT2D eigenvalue weighted by molar-refractivity contribution is -0.127. The number of nitrogens with zero attached hydrogens (tertiary/aromatic N) is 1. The van der Waals surface area contributed by atoms with Gasteiger partial charge in [0.25, 0.3) is 5.91 Å². The molecule has 27 heavy (non-hydrogen) atoms. The van der Waals surface area contributed by atoms with Crippen LogP contribution in [0.25, 0.3) is 0 Å². The molecule has 0 fully saturated rings. The van der Waals surface area contributed by atoms with E-state index in [9.17, 15) is 4.79 Å². The van der Waals surface area contributed by atoms with Crippen molar-refractivity contribution in [2.24, 2.45) is 0 Å². The lowest BCUT2D eigenvalue weighted by Gasteiger charge is -2.31. The van der Waals surface area contributed by atoms with Crippen LogP contribution in [-0.4, -0.2) is 31.6 Å². The Bertz CT molecular complexity index is 788. The Morgan fingerprint density at radius 1 is 1.19 bits per heavy atom. The first kappa shape index (κ1) is 19.3. The molecule has 0 aromatic heterocycles. The van der Waals surface area contributed by atoms with Gasteiger partial charge in [-0.05, 0) is 74.9 Å². The molecule has 0 bridgehead atoms. The SMILES string of the molecule is Cc1ccc(O[C@@H](C)C(=O)NCCCN2CCCc3ccccc32)cc1C. The highest BCUT2D eigenvalue weighted by molar-refractivity contribution is 5.80. The zero-order chi connectivity index (χ0) is 19.2. The lowest BCUT2D eigenvalue weighted by Crippen LogP contribution is -2.38. The predicted octanol–water partition coefficient (Wildman–Crippen LogP) is 4.03. The van der Waals surface area contributed by atoms with Gasteiger partial charge in [0.05, 0.1) is 0 Å². The van der Waals surface area contributed by atoms with E-state index in [0.717, 1.165) is 31.7 Å².